The highest BCUT2D eigenvalue weighted by Crippen LogP contribution is 2.26. The lowest BCUT2D eigenvalue weighted by atomic mass is 10.1. The third-order valence-corrected chi connectivity index (χ3v) is 5.68. The van der Waals surface area contributed by atoms with Crippen LogP contribution in [-0.4, -0.2) is 26.9 Å². The van der Waals surface area contributed by atoms with E-state index in [9.17, 15) is 9.59 Å². The molecule has 142 valence electrons. The van der Waals surface area contributed by atoms with Crippen LogP contribution in [0.1, 0.15) is 54.6 Å². The molecule has 0 saturated carbocycles. The maximum absolute atomic E-state index is 13.2. The van der Waals surface area contributed by atoms with E-state index in [1.54, 1.807) is 17.7 Å². The van der Waals surface area contributed by atoms with E-state index >= 15 is 0 Å². The molecule has 3 aromatic rings. The number of nitrogens with zero attached hydrogens (tertiary/aromatic N) is 3. The number of hydrogen-bond acceptors (Lipinski definition) is 4. The minimum atomic E-state index is -0.242. The second-order valence-electron chi connectivity index (χ2n) is 6.60. The van der Waals surface area contributed by atoms with Crippen LogP contribution in [0.2, 0.25) is 0 Å². The van der Waals surface area contributed by atoms with Gasteiger partial charge in [-0.3, -0.25) is 14.2 Å². The molecule has 2 heterocycles. The SMILES string of the molecule is CCCCN(C(=O)c1cccs1)C(CC)c1nc2ccccc2c(=O)n1C. The van der Waals surface area contributed by atoms with Crippen molar-refractivity contribution in [2.24, 2.45) is 7.05 Å². The minimum Gasteiger partial charge on any atom is -0.328 e. The average Bonchev–Trinajstić information content (AvgIpc) is 3.23. The molecule has 6 heteroatoms. The monoisotopic (exact) mass is 383 g/mol. The molecule has 27 heavy (non-hydrogen) atoms. The van der Waals surface area contributed by atoms with E-state index in [-0.39, 0.29) is 17.5 Å². The molecule has 1 atom stereocenters. The van der Waals surface area contributed by atoms with Crippen LogP contribution < -0.4 is 5.56 Å². The summed E-state index contributed by atoms with van der Waals surface area (Å²) in [5, 5.41) is 2.51. The molecule has 0 radical (unpaired) electrons. The van der Waals surface area contributed by atoms with Crippen molar-refractivity contribution in [1.29, 1.82) is 0 Å². The minimum absolute atomic E-state index is 0.00714. The van der Waals surface area contributed by atoms with Crippen molar-refractivity contribution in [3.63, 3.8) is 0 Å². The Morgan fingerprint density at radius 2 is 2.00 bits per heavy atom. The van der Waals surface area contributed by atoms with Crippen molar-refractivity contribution in [2.75, 3.05) is 6.54 Å². The zero-order valence-electron chi connectivity index (χ0n) is 16.0. The summed E-state index contributed by atoms with van der Waals surface area (Å²) in [4.78, 5) is 33.4. The van der Waals surface area contributed by atoms with Crippen LogP contribution in [-0.2, 0) is 7.05 Å². The van der Waals surface area contributed by atoms with Crippen LogP contribution in [0.3, 0.4) is 0 Å². The number of thiophene rings is 1. The van der Waals surface area contributed by atoms with Crippen LogP contribution in [0.4, 0.5) is 0 Å². The first-order valence-electron chi connectivity index (χ1n) is 9.38. The molecule has 5 nitrogen and oxygen atoms in total. The molecular weight excluding hydrogens is 358 g/mol. The quantitative estimate of drug-likeness (QED) is 0.608. The molecule has 0 fully saturated rings. The van der Waals surface area contributed by atoms with Crippen LogP contribution >= 0.6 is 11.3 Å². The average molecular weight is 384 g/mol. The first-order chi connectivity index (χ1) is 13.1. The van der Waals surface area contributed by atoms with Crippen LogP contribution in [0.5, 0.6) is 0 Å². The van der Waals surface area contributed by atoms with Crippen molar-refractivity contribution >= 4 is 28.1 Å². The predicted octanol–water partition coefficient (Wildman–Crippen LogP) is 4.39. The third kappa shape index (κ3) is 3.81. The topological polar surface area (TPSA) is 55.2 Å². The van der Waals surface area contributed by atoms with Crippen LogP contribution in [0.25, 0.3) is 10.9 Å². The molecule has 0 spiro atoms. The molecule has 0 aliphatic carbocycles. The molecule has 0 saturated heterocycles. The van der Waals surface area contributed by atoms with Crippen molar-refractivity contribution < 1.29 is 4.79 Å². The van der Waals surface area contributed by atoms with Gasteiger partial charge in [-0.2, -0.15) is 0 Å². The fourth-order valence-electron chi connectivity index (χ4n) is 3.34. The van der Waals surface area contributed by atoms with Gasteiger partial charge in [-0.15, -0.1) is 11.3 Å². The number of aromatic nitrogens is 2. The van der Waals surface area contributed by atoms with Gasteiger partial charge in [-0.25, -0.2) is 4.98 Å². The first-order valence-corrected chi connectivity index (χ1v) is 10.3. The molecule has 2 aromatic heterocycles. The summed E-state index contributed by atoms with van der Waals surface area (Å²) in [5.74, 6) is 0.648. The zero-order chi connectivity index (χ0) is 19.4. The summed E-state index contributed by atoms with van der Waals surface area (Å²) in [6.07, 6.45) is 2.60. The Labute approximate surface area is 163 Å². The van der Waals surface area contributed by atoms with Gasteiger partial charge in [0.2, 0.25) is 0 Å². The fraction of sp³-hybridized carbons (Fsp3) is 0.381. The summed E-state index contributed by atoms with van der Waals surface area (Å²) in [6.45, 7) is 4.79. The summed E-state index contributed by atoms with van der Waals surface area (Å²) in [6, 6.07) is 10.9. The number of benzene rings is 1. The lowest BCUT2D eigenvalue weighted by Crippen LogP contribution is -2.38. The normalized spacial score (nSPS) is 12.3. The predicted molar refractivity (Wildman–Crippen MR) is 110 cm³/mol. The Morgan fingerprint density at radius 3 is 2.67 bits per heavy atom. The Balaban J connectivity index is 2.10. The molecule has 1 unspecified atom stereocenters. The highest BCUT2D eigenvalue weighted by Gasteiger charge is 2.28. The Hall–Kier alpha value is -2.47. The lowest BCUT2D eigenvalue weighted by Gasteiger charge is -2.31. The van der Waals surface area contributed by atoms with E-state index in [2.05, 4.69) is 6.92 Å². The highest BCUT2D eigenvalue weighted by molar-refractivity contribution is 7.12. The summed E-state index contributed by atoms with van der Waals surface area (Å²) in [7, 11) is 1.74. The summed E-state index contributed by atoms with van der Waals surface area (Å²) < 4.78 is 1.59. The third-order valence-electron chi connectivity index (χ3n) is 4.82. The van der Waals surface area contributed by atoms with E-state index in [0.717, 1.165) is 17.7 Å². The molecule has 1 amide bonds. The summed E-state index contributed by atoms with van der Waals surface area (Å²) >= 11 is 1.45. The number of hydrogen-bond donors (Lipinski definition) is 0. The molecular formula is C21H25N3O2S. The number of carbonyl (C=O) groups is 1. The van der Waals surface area contributed by atoms with Crippen molar-refractivity contribution in [3.8, 4) is 0 Å². The standard InChI is InChI=1S/C21H25N3O2S/c1-4-6-13-24(21(26)18-12-9-14-27-18)17(5-2)19-22-16-11-8-7-10-15(16)20(25)23(19)3/h7-12,14,17H,4-6,13H2,1-3H3. The number of para-hydroxylation sites is 1. The number of carbonyl (C=O) groups excluding carboxylic acids is 1. The smallest absolute Gasteiger partial charge is 0.264 e. The maximum Gasteiger partial charge on any atom is 0.264 e. The Bertz CT molecular complexity index is 979. The van der Waals surface area contributed by atoms with Gasteiger partial charge in [-0.1, -0.05) is 38.5 Å². The van der Waals surface area contributed by atoms with Crippen molar-refractivity contribution in [2.45, 2.75) is 39.2 Å². The fourth-order valence-corrected chi connectivity index (χ4v) is 4.02. The van der Waals surface area contributed by atoms with Gasteiger partial charge < -0.3 is 4.90 Å². The highest BCUT2D eigenvalue weighted by atomic mass is 32.1. The van der Waals surface area contributed by atoms with Gasteiger partial charge in [0.05, 0.1) is 21.8 Å². The van der Waals surface area contributed by atoms with Gasteiger partial charge in [0, 0.05) is 13.6 Å². The van der Waals surface area contributed by atoms with E-state index in [0.29, 0.717) is 29.7 Å². The largest absolute Gasteiger partial charge is 0.328 e. The Kier molecular flexibility index (Phi) is 6.06. The molecule has 3 rings (SSSR count). The number of amides is 1. The van der Waals surface area contributed by atoms with E-state index in [1.807, 2.05) is 47.5 Å². The molecule has 0 aliphatic rings. The molecule has 0 N–H and O–H groups in total. The van der Waals surface area contributed by atoms with Gasteiger partial charge in [-0.05, 0) is 36.4 Å². The molecule has 1 aromatic carbocycles. The number of unbranched alkanes of at least 4 members (excludes halogenated alkanes) is 1. The summed E-state index contributed by atoms with van der Waals surface area (Å²) in [5.41, 5.74) is 0.598. The second kappa shape index (κ2) is 8.48. The van der Waals surface area contributed by atoms with Gasteiger partial charge >= 0.3 is 0 Å². The van der Waals surface area contributed by atoms with E-state index in [1.165, 1.54) is 11.3 Å². The van der Waals surface area contributed by atoms with E-state index in [4.69, 9.17) is 4.98 Å². The zero-order valence-corrected chi connectivity index (χ0v) is 16.8. The first kappa shape index (κ1) is 19.3. The maximum atomic E-state index is 13.2. The Morgan fingerprint density at radius 1 is 1.22 bits per heavy atom. The van der Waals surface area contributed by atoms with Gasteiger partial charge in [0.1, 0.15) is 5.82 Å². The van der Waals surface area contributed by atoms with Gasteiger partial charge in [0.15, 0.2) is 0 Å². The van der Waals surface area contributed by atoms with Crippen molar-refractivity contribution in [1.82, 2.24) is 14.5 Å². The van der Waals surface area contributed by atoms with Crippen LogP contribution in [0.15, 0.2) is 46.6 Å². The number of rotatable bonds is 7. The van der Waals surface area contributed by atoms with Gasteiger partial charge in [0.25, 0.3) is 11.5 Å². The van der Waals surface area contributed by atoms with Crippen molar-refractivity contribution in [3.05, 3.63) is 62.8 Å². The number of fused-ring (bicyclic) bond motifs is 1. The molecule has 0 bridgehead atoms. The lowest BCUT2D eigenvalue weighted by molar-refractivity contribution is 0.0659. The van der Waals surface area contributed by atoms with Crippen LogP contribution in [0, 0.1) is 0 Å². The molecule has 0 aliphatic heterocycles. The second-order valence-corrected chi connectivity index (χ2v) is 7.55. The van der Waals surface area contributed by atoms with E-state index < -0.39 is 0 Å².